The fourth-order valence-corrected chi connectivity index (χ4v) is 4.73. The topological polar surface area (TPSA) is 130 Å². The van der Waals surface area contributed by atoms with Crippen LogP contribution in [-0.4, -0.2) is 33.5 Å². The first-order valence-corrected chi connectivity index (χ1v) is 11.9. The van der Waals surface area contributed by atoms with E-state index in [1.807, 2.05) is 17.5 Å². The van der Waals surface area contributed by atoms with E-state index in [-0.39, 0.29) is 41.5 Å². The third kappa shape index (κ3) is 4.99. The summed E-state index contributed by atoms with van der Waals surface area (Å²) in [5.41, 5.74) is 9.54. The molecule has 0 unspecified atom stereocenters. The molecule has 0 bridgehead atoms. The number of anilines is 1. The highest BCUT2D eigenvalue weighted by Crippen LogP contribution is 2.30. The molecule has 33 heavy (non-hydrogen) atoms. The Hall–Kier alpha value is -3.44. The molecule has 0 saturated heterocycles. The third-order valence-corrected chi connectivity index (χ3v) is 6.32. The molecule has 0 radical (unpaired) electrons. The van der Waals surface area contributed by atoms with E-state index in [4.69, 9.17) is 19.6 Å². The molecule has 170 valence electrons. The zero-order valence-corrected chi connectivity index (χ0v) is 19.5. The fraction of sp³-hybridized carbons (Fsp3) is 0.227. The van der Waals surface area contributed by atoms with E-state index in [9.17, 15) is 9.59 Å². The Balaban J connectivity index is 1.50. The lowest BCUT2D eigenvalue weighted by Gasteiger charge is -2.09. The van der Waals surface area contributed by atoms with E-state index in [1.165, 1.54) is 23.1 Å². The molecule has 2 N–H and O–H groups in total. The van der Waals surface area contributed by atoms with Crippen molar-refractivity contribution in [2.75, 3.05) is 12.3 Å². The summed E-state index contributed by atoms with van der Waals surface area (Å²) >= 11 is 3.03. The summed E-state index contributed by atoms with van der Waals surface area (Å²) in [6.07, 6.45) is 0. The molecular formula is C22H20N4O5S2. The smallest absolute Gasteiger partial charge is 0.342 e. The van der Waals surface area contributed by atoms with Gasteiger partial charge in [-0.3, -0.25) is 0 Å². The van der Waals surface area contributed by atoms with Gasteiger partial charge in [0.2, 0.25) is 5.71 Å². The van der Waals surface area contributed by atoms with Gasteiger partial charge < -0.3 is 19.6 Å². The van der Waals surface area contributed by atoms with Crippen LogP contribution in [0.2, 0.25) is 0 Å². The number of ether oxygens (including phenoxy) is 2. The maximum atomic E-state index is 12.7. The molecule has 0 amide bonds. The Morgan fingerprint density at radius 2 is 2.00 bits per heavy atom. The monoisotopic (exact) mass is 484 g/mol. The normalized spacial score (nSPS) is 11.0. The van der Waals surface area contributed by atoms with Crippen LogP contribution in [0.15, 0.2) is 44.5 Å². The summed E-state index contributed by atoms with van der Waals surface area (Å²) < 4.78 is 16.1. The number of esters is 2. The first kappa shape index (κ1) is 22.7. The second-order valence-electron chi connectivity index (χ2n) is 6.80. The van der Waals surface area contributed by atoms with Crippen LogP contribution in [0.25, 0.3) is 11.1 Å². The number of benzene rings is 1. The van der Waals surface area contributed by atoms with E-state index in [2.05, 4.69) is 15.0 Å². The summed E-state index contributed by atoms with van der Waals surface area (Å²) in [6, 6.07) is 7.19. The third-order valence-electron chi connectivity index (χ3n) is 4.58. The molecule has 0 saturated carbocycles. The SMILES string of the molecule is CCOC(=O)c1c(C)oc2nc(COC(=O)c3ccccc3SCc3cscn3)nc(N)c12. The summed E-state index contributed by atoms with van der Waals surface area (Å²) in [4.78, 5) is 38.5. The van der Waals surface area contributed by atoms with Gasteiger partial charge in [-0.05, 0) is 26.0 Å². The number of furan rings is 1. The zero-order chi connectivity index (χ0) is 23.4. The van der Waals surface area contributed by atoms with Crippen molar-refractivity contribution in [3.8, 4) is 0 Å². The minimum absolute atomic E-state index is 0.0465. The maximum absolute atomic E-state index is 12.7. The number of nitrogens with two attached hydrogens (primary N) is 1. The molecule has 1 aromatic carbocycles. The summed E-state index contributed by atoms with van der Waals surface area (Å²) in [5.74, 6) is 0.0986. The number of aryl methyl sites for hydroxylation is 1. The second-order valence-corrected chi connectivity index (χ2v) is 8.54. The van der Waals surface area contributed by atoms with Gasteiger partial charge in [-0.2, -0.15) is 4.98 Å². The minimum Gasteiger partial charge on any atom is -0.462 e. The van der Waals surface area contributed by atoms with Gasteiger partial charge in [0.05, 0.1) is 28.8 Å². The van der Waals surface area contributed by atoms with Crippen molar-refractivity contribution in [3.05, 3.63) is 63.6 Å². The molecule has 3 heterocycles. The number of fused-ring (bicyclic) bond motifs is 1. The lowest BCUT2D eigenvalue weighted by atomic mass is 10.2. The highest BCUT2D eigenvalue weighted by atomic mass is 32.2. The van der Waals surface area contributed by atoms with E-state index < -0.39 is 11.9 Å². The molecule has 0 atom stereocenters. The van der Waals surface area contributed by atoms with Crippen LogP contribution in [-0.2, 0) is 21.8 Å². The molecule has 0 aliphatic rings. The maximum Gasteiger partial charge on any atom is 0.342 e. The lowest BCUT2D eigenvalue weighted by molar-refractivity contribution is 0.0457. The molecule has 11 heteroatoms. The standard InChI is InChI=1S/C22H20N4O5S2/c1-3-29-22(28)17-12(2)31-20-18(17)19(23)25-16(26-20)8-30-21(27)14-6-4-5-7-15(14)33-10-13-9-32-11-24-13/h4-7,9,11H,3,8,10H2,1-2H3,(H2,23,25,26). The van der Waals surface area contributed by atoms with Crippen LogP contribution in [0.3, 0.4) is 0 Å². The number of aromatic nitrogens is 3. The first-order valence-electron chi connectivity index (χ1n) is 9.96. The van der Waals surface area contributed by atoms with Crippen LogP contribution in [0.5, 0.6) is 0 Å². The number of hydrogen-bond acceptors (Lipinski definition) is 11. The zero-order valence-electron chi connectivity index (χ0n) is 17.9. The summed E-state index contributed by atoms with van der Waals surface area (Å²) in [7, 11) is 0. The van der Waals surface area contributed by atoms with Gasteiger partial charge in [-0.15, -0.1) is 23.1 Å². The van der Waals surface area contributed by atoms with Gasteiger partial charge in [-0.25, -0.2) is 19.6 Å². The highest BCUT2D eigenvalue weighted by Gasteiger charge is 2.24. The molecule has 0 spiro atoms. The number of rotatable bonds is 8. The van der Waals surface area contributed by atoms with Crippen molar-refractivity contribution < 1.29 is 23.5 Å². The molecule has 3 aromatic heterocycles. The van der Waals surface area contributed by atoms with Crippen LogP contribution in [0.1, 0.15) is 44.9 Å². The number of thioether (sulfide) groups is 1. The van der Waals surface area contributed by atoms with Crippen molar-refractivity contribution in [2.24, 2.45) is 0 Å². The van der Waals surface area contributed by atoms with Crippen molar-refractivity contribution >= 4 is 52.0 Å². The van der Waals surface area contributed by atoms with E-state index in [0.29, 0.717) is 17.1 Å². The van der Waals surface area contributed by atoms with Crippen molar-refractivity contribution in [3.63, 3.8) is 0 Å². The average Bonchev–Trinajstić information content (AvgIpc) is 3.43. The van der Waals surface area contributed by atoms with Gasteiger partial charge in [0.15, 0.2) is 12.4 Å². The van der Waals surface area contributed by atoms with Gasteiger partial charge in [-0.1, -0.05) is 12.1 Å². The summed E-state index contributed by atoms with van der Waals surface area (Å²) in [5, 5.41) is 2.25. The largest absolute Gasteiger partial charge is 0.462 e. The van der Waals surface area contributed by atoms with E-state index in [1.54, 1.807) is 31.5 Å². The summed E-state index contributed by atoms with van der Waals surface area (Å²) in [6.45, 7) is 3.33. The molecule has 0 aliphatic carbocycles. The van der Waals surface area contributed by atoms with Crippen LogP contribution < -0.4 is 5.73 Å². The van der Waals surface area contributed by atoms with E-state index in [0.717, 1.165) is 10.6 Å². The van der Waals surface area contributed by atoms with Crippen LogP contribution in [0, 0.1) is 6.92 Å². The molecule has 0 fully saturated rings. The van der Waals surface area contributed by atoms with Crippen molar-refractivity contribution in [1.82, 2.24) is 15.0 Å². The van der Waals surface area contributed by atoms with Gasteiger partial charge in [0.1, 0.15) is 17.1 Å². The average molecular weight is 485 g/mol. The number of carbonyl (C=O) groups excluding carboxylic acids is 2. The number of carbonyl (C=O) groups is 2. The molecule has 9 nitrogen and oxygen atoms in total. The first-order chi connectivity index (χ1) is 16.0. The number of nitrogens with zero attached hydrogens (tertiary/aromatic N) is 3. The Labute approximate surface area is 197 Å². The fourth-order valence-electron chi connectivity index (χ4n) is 3.13. The number of hydrogen-bond donors (Lipinski definition) is 1. The predicted octanol–water partition coefficient (Wildman–Crippen LogP) is 4.40. The van der Waals surface area contributed by atoms with Gasteiger partial charge in [0.25, 0.3) is 0 Å². The Bertz CT molecular complexity index is 1300. The lowest BCUT2D eigenvalue weighted by Crippen LogP contribution is -2.10. The second kappa shape index (κ2) is 10.0. The highest BCUT2D eigenvalue weighted by molar-refractivity contribution is 7.98. The molecule has 4 aromatic rings. The van der Waals surface area contributed by atoms with Crippen LogP contribution in [0.4, 0.5) is 5.82 Å². The van der Waals surface area contributed by atoms with Gasteiger partial charge in [0, 0.05) is 16.0 Å². The Morgan fingerprint density at radius 3 is 2.76 bits per heavy atom. The predicted molar refractivity (Wildman–Crippen MR) is 124 cm³/mol. The van der Waals surface area contributed by atoms with E-state index >= 15 is 0 Å². The molecule has 0 aliphatic heterocycles. The Kier molecular flexibility index (Phi) is 6.90. The molecular weight excluding hydrogens is 464 g/mol. The van der Waals surface area contributed by atoms with Gasteiger partial charge >= 0.3 is 11.9 Å². The Morgan fingerprint density at radius 1 is 1.18 bits per heavy atom. The quantitative estimate of drug-likeness (QED) is 0.284. The van der Waals surface area contributed by atoms with Crippen molar-refractivity contribution in [1.29, 1.82) is 0 Å². The number of nitrogen functional groups attached to an aromatic ring is 1. The minimum atomic E-state index is -0.560. The van der Waals surface area contributed by atoms with Crippen LogP contribution >= 0.6 is 23.1 Å². The number of thiazole rings is 1. The molecule has 4 rings (SSSR count). The van der Waals surface area contributed by atoms with Crippen molar-refractivity contribution in [2.45, 2.75) is 31.1 Å².